The Morgan fingerprint density at radius 3 is 2.26 bits per heavy atom. The van der Waals surface area contributed by atoms with Crippen molar-refractivity contribution in [3.05, 3.63) is 28.8 Å². The zero-order valence-electron chi connectivity index (χ0n) is 16.0. The number of carboxylic acids is 2. The van der Waals surface area contributed by atoms with Gasteiger partial charge in [-0.25, -0.2) is 9.59 Å². The highest BCUT2D eigenvalue weighted by atomic mass is 35.5. The van der Waals surface area contributed by atoms with Crippen molar-refractivity contribution in [2.75, 3.05) is 39.5 Å². The maximum atomic E-state index is 9.10. The smallest absolute Gasteiger partial charge is 0.414 e. The zero-order valence-corrected chi connectivity index (χ0v) is 16.7. The van der Waals surface area contributed by atoms with Crippen LogP contribution in [0.15, 0.2) is 18.2 Å². The van der Waals surface area contributed by atoms with Crippen LogP contribution in [0.1, 0.15) is 26.3 Å². The number of rotatable bonds is 9. The lowest BCUT2D eigenvalue weighted by atomic mass is 9.86. The molecule has 0 amide bonds. The summed E-state index contributed by atoms with van der Waals surface area (Å²) < 4.78 is 11.3. The molecule has 0 aromatic heterocycles. The van der Waals surface area contributed by atoms with Gasteiger partial charge in [0.15, 0.2) is 0 Å². The van der Waals surface area contributed by atoms with Crippen LogP contribution in [-0.4, -0.2) is 61.6 Å². The molecule has 9 heteroatoms. The second-order valence-corrected chi connectivity index (χ2v) is 6.94. The molecule has 154 valence electrons. The first-order valence-electron chi connectivity index (χ1n) is 8.47. The Kier molecular flexibility index (Phi) is 12.4. The lowest BCUT2D eigenvalue weighted by Crippen LogP contribution is -2.26. The van der Waals surface area contributed by atoms with Gasteiger partial charge in [0.1, 0.15) is 12.4 Å². The summed E-state index contributed by atoms with van der Waals surface area (Å²) in [5.41, 5.74) is 6.49. The molecule has 1 aromatic carbocycles. The summed E-state index contributed by atoms with van der Waals surface area (Å²) >= 11 is 6.07. The Balaban J connectivity index is 0.000000972. The average Bonchev–Trinajstić information content (AvgIpc) is 2.58. The fourth-order valence-electron chi connectivity index (χ4n) is 1.90. The van der Waals surface area contributed by atoms with Crippen LogP contribution in [0.3, 0.4) is 0 Å². The van der Waals surface area contributed by atoms with E-state index in [1.807, 2.05) is 18.2 Å². The van der Waals surface area contributed by atoms with Crippen LogP contribution in [0, 0.1) is 0 Å². The van der Waals surface area contributed by atoms with Crippen molar-refractivity contribution in [3.63, 3.8) is 0 Å². The summed E-state index contributed by atoms with van der Waals surface area (Å²) in [5, 5.41) is 18.7. The van der Waals surface area contributed by atoms with E-state index in [0.717, 1.165) is 29.4 Å². The average molecular weight is 405 g/mol. The van der Waals surface area contributed by atoms with E-state index < -0.39 is 11.9 Å². The molecule has 0 bridgehead atoms. The van der Waals surface area contributed by atoms with Crippen LogP contribution < -0.4 is 15.8 Å². The van der Waals surface area contributed by atoms with Gasteiger partial charge >= 0.3 is 11.9 Å². The van der Waals surface area contributed by atoms with Gasteiger partial charge in [-0.3, -0.25) is 0 Å². The molecule has 0 unspecified atom stereocenters. The second kappa shape index (κ2) is 13.3. The quantitative estimate of drug-likeness (QED) is 0.361. The normalized spacial score (nSPS) is 10.7. The lowest BCUT2D eigenvalue weighted by Gasteiger charge is -2.23. The van der Waals surface area contributed by atoms with Crippen LogP contribution in [0.25, 0.3) is 0 Å². The molecule has 0 aliphatic heterocycles. The molecule has 0 heterocycles. The minimum atomic E-state index is -1.82. The van der Waals surface area contributed by atoms with Gasteiger partial charge in [0, 0.05) is 30.2 Å². The van der Waals surface area contributed by atoms with Crippen molar-refractivity contribution >= 4 is 23.5 Å². The maximum Gasteiger partial charge on any atom is 0.414 e. The van der Waals surface area contributed by atoms with Crippen LogP contribution in [-0.2, 0) is 19.7 Å². The molecule has 0 fully saturated rings. The van der Waals surface area contributed by atoms with Crippen molar-refractivity contribution < 1.29 is 29.3 Å². The summed E-state index contributed by atoms with van der Waals surface area (Å²) in [4.78, 5) is 18.2. The number of hydrogen-bond acceptors (Lipinski definition) is 6. The van der Waals surface area contributed by atoms with E-state index in [4.69, 9.17) is 46.6 Å². The minimum absolute atomic E-state index is 0.00671. The van der Waals surface area contributed by atoms with E-state index in [2.05, 4.69) is 26.1 Å². The predicted octanol–water partition coefficient (Wildman–Crippen LogP) is 1.74. The topological polar surface area (TPSA) is 131 Å². The molecular formula is C18H29ClN2O6. The first-order chi connectivity index (χ1) is 12.6. The number of ether oxygens (including phenoxy) is 2. The van der Waals surface area contributed by atoms with Crippen molar-refractivity contribution in [1.82, 2.24) is 5.32 Å². The van der Waals surface area contributed by atoms with Gasteiger partial charge in [0.05, 0.1) is 13.2 Å². The molecule has 0 spiro atoms. The van der Waals surface area contributed by atoms with Crippen LogP contribution in [0.5, 0.6) is 5.75 Å². The molecule has 0 aliphatic rings. The van der Waals surface area contributed by atoms with E-state index >= 15 is 0 Å². The highest BCUT2D eigenvalue weighted by molar-refractivity contribution is 6.30. The standard InChI is InChI=1S/C16H27ClN2O2.C2H2O4/c1-16(2,3)14-12-13(17)4-5-15(14)21-11-10-20-9-8-19-7-6-18;3-1(4)2(5)6/h4-5,12,19H,6-11,18H2,1-3H3;(H,3,4)(H,5,6). The number of carbonyl (C=O) groups is 2. The van der Waals surface area contributed by atoms with Gasteiger partial charge in [-0.2, -0.15) is 0 Å². The molecule has 5 N–H and O–H groups in total. The Bertz CT molecular complexity index is 578. The molecule has 27 heavy (non-hydrogen) atoms. The molecule has 0 aliphatic carbocycles. The Labute approximate surface area is 164 Å². The SMILES string of the molecule is CC(C)(C)c1cc(Cl)ccc1OCCOCCNCCN.O=C(O)C(=O)O. The third-order valence-corrected chi connectivity index (χ3v) is 3.40. The lowest BCUT2D eigenvalue weighted by molar-refractivity contribution is -0.159. The van der Waals surface area contributed by atoms with Gasteiger partial charge in [-0.15, -0.1) is 0 Å². The number of benzene rings is 1. The van der Waals surface area contributed by atoms with Gasteiger partial charge in [-0.05, 0) is 23.6 Å². The van der Waals surface area contributed by atoms with Crippen LogP contribution >= 0.6 is 11.6 Å². The molecule has 1 aromatic rings. The number of nitrogens with two attached hydrogens (primary N) is 1. The fraction of sp³-hybridized carbons (Fsp3) is 0.556. The van der Waals surface area contributed by atoms with Gasteiger partial charge < -0.3 is 30.7 Å². The van der Waals surface area contributed by atoms with Gasteiger partial charge in [0.2, 0.25) is 0 Å². The summed E-state index contributed by atoms with van der Waals surface area (Å²) in [6.45, 7) is 10.5. The van der Waals surface area contributed by atoms with Crippen LogP contribution in [0.4, 0.5) is 0 Å². The monoisotopic (exact) mass is 404 g/mol. The van der Waals surface area contributed by atoms with Gasteiger partial charge in [0.25, 0.3) is 0 Å². The number of nitrogens with one attached hydrogen (secondary N) is 1. The summed E-state index contributed by atoms with van der Waals surface area (Å²) in [6, 6.07) is 5.74. The number of halogens is 1. The largest absolute Gasteiger partial charge is 0.491 e. The van der Waals surface area contributed by atoms with E-state index in [0.29, 0.717) is 26.4 Å². The van der Waals surface area contributed by atoms with E-state index in [9.17, 15) is 0 Å². The van der Waals surface area contributed by atoms with E-state index in [1.54, 1.807) is 0 Å². The first-order valence-corrected chi connectivity index (χ1v) is 8.85. The molecular weight excluding hydrogens is 376 g/mol. The van der Waals surface area contributed by atoms with Crippen LogP contribution in [0.2, 0.25) is 5.02 Å². The zero-order chi connectivity index (χ0) is 20.9. The van der Waals surface area contributed by atoms with Crippen molar-refractivity contribution in [2.24, 2.45) is 5.73 Å². The molecule has 1 rings (SSSR count). The minimum Gasteiger partial charge on any atom is -0.491 e. The maximum absolute atomic E-state index is 9.10. The second-order valence-electron chi connectivity index (χ2n) is 6.50. The summed E-state index contributed by atoms with van der Waals surface area (Å²) in [6.07, 6.45) is 0. The number of aliphatic carboxylic acids is 2. The Morgan fingerprint density at radius 1 is 1.11 bits per heavy atom. The Morgan fingerprint density at radius 2 is 1.74 bits per heavy atom. The van der Waals surface area contributed by atoms with Crippen molar-refractivity contribution in [1.29, 1.82) is 0 Å². The molecule has 0 saturated carbocycles. The van der Waals surface area contributed by atoms with Crippen molar-refractivity contribution in [2.45, 2.75) is 26.2 Å². The fourth-order valence-corrected chi connectivity index (χ4v) is 2.07. The Hall–Kier alpha value is -1.87. The summed E-state index contributed by atoms with van der Waals surface area (Å²) in [5.74, 6) is -2.78. The van der Waals surface area contributed by atoms with Crippen molar-refractivity contribution in [3.8, 4) is 5.75 Å². The number of hydrogen-bond donors (Lipinski definition) is 4. The highest BCUT2D eigenvalue weighted by Gasteiger charge is 2.19. The summed E-state index contributed by atoms with van der Waals surface area (Å²) in [7, 11) is 0. The molecule has 0 radical (unpaired) electrons. The van der Waals surface area contributed by atoms with Gasteiger partial charge in [-0.1, -0.05) is 32.4 Å². The molecule has 0 saturated heterocycles. The molecule has 8 nitrogen and oxygen atoms in total. The third-order valence-electron chi connectivity index (χ3n) is 3.16. The first kappa shape index (κ1) is 25.1. The number of carboxylic acid groups (broad SMARTS) is 2. The van der Waals surface area contributed by atoms with E-state index in [-0.39, 0.29) is 5.41 Å². The highest BCUT2D eigenvalue weighted by Crippen LogP contribution is 2.33. The third kappa shape index (κ3) is 12.2. The predicted molar refractivity (Wildman–Crippen MR) is 104 cm³/mol. The van der Waals surface area contributed by atoms with E-state index in [1.165, 1.54) is 0 Å². The molecule has 0 atom stereocenters.